The lowest BCUT2D eigenvalue weighted by Crippen LogP contribution is -2.28. The summed E-state index contributed by atoms with van der Waals surface area (Å²) in [7, 11) is 1.73. The number of aromatic nitrogens is 2. The Morgan fingerprint density at radius 3 is 2.14 bits per heavy atom. The summed E-state index contributed by atoms with van der Waals surface area (Å²) in [6.45, 7) is 8.81. The summed E-state index contributed by atoms with van der Waals surface area (Å²) in [5.74, 6) is 0.913. The zero-order valence-electron chi connectivity index (χ0n) is 18.2. The van der Waals surface area contributed by atoms with Crippen molar-refractivity contribution in [1.82, 2.24) is 9.61 Å². The number of aryl methyl sites for hydroxylation is 4. The van der Waals surface area contributed by atoms with Crippen molar-refractivity contribution in [3.8, 4) is 17.0 Å². The van der Waals surface area contributed by atoms with Gasteiger partial charge in [-0.3, -0.25) is 0 Å². The van der Waals surface area contributed by atoms with Gasteiger partial charge in [-0.05, 0) is 87.8 Å². The van der Waals surface area contributed by atoms with Crippen molar-refractivity contribution in [1.29, 1.82) is 0 Å². The summed E-state index contributed by atoms with van der Waals surface area (Å²) in [5.41, 5.74) is 10.1. The van der Waals surface area contributed by atoms with E-state index in [4.69, 9.17) is 9.84 Å². The molecule has 2 aliphatic rings. The molecule has 4 heteroatoms. The van der Waals surface area contributed by atoms with Crippen LogP contribution in [0.25, 0.3) is 16.8 Å². The van der Waals surface area contributed by atoms with Gasteiger partial charge in [-0.1, -0.05) is 13.0 Å². The molecule has 0 aliphatic heterocycles. The Morgan fingerprint density at radius 2 is 1.62 bits per heavy atom. The van der Waals surface area contributed by atoms with Crippen LogP contribution in [0.15, 0.2) is 24.3 Å². The number of hydrogen-bond donors (Lipinski definition) is 0. The standard InChI is InChI=1S/C25H31N3O/c1-6-21-25(27(18-8-9-18)19-10-11-19)24-15(2)7-12-22(28(24)26-21)23-16(3)13-20(29-5)14-17(23)4/h7,12-14,18-19H,6,8-11H2,1-5H3. The Kier molecular flexibility index (Phi) is 4.34. The molecule has 0 radical (unpaired) electrons. The number of ether oxygens (including phenoxy) is 1. The zero-order chi connectivity index (χ0) is 20.3. The fraction of sp³-hybridized carbons (Fsp3) is 0.480. The van der Waals surface area contributed by atoms with Crippen molar-refractivity contribution in [2.24, 2.45) is 0 Å². The molecule has 0 saturated heterocycles. The number of rotatable bonds is 6. The highest BCUT2D eigenvalue weighted by atomic mass is 16.5. The second-order valence-corrected chi connectivity index (χ2v) is 8.82. The van der Waals surface area contributed by atoms with Crippen molar-refractivity contribution in [3.05, 3.63) is 46.6 Å². The van der Waals surface area contributed by atoms with Gasteiger partial charge in [-0.2, -0.15) is 5.10 Å². The van der Waals surface area contributed by atoms with Crippen LogP contribution in [0.3, 0.4) is 0 Å². The molecule has 0 amide bonds. The molecule has 0 N–H and O–H groups in total. The van der Waals surface area contributed by atoms with Gasteiger partial charge in [0.1, 0.15) is 5.75 Å². The molecule has 2 aliphatic carbocycles. The Balaban J connectivity index is 1.77. The van der Waals surface area contributed by atoms with Crippen LogP contribution in [0.2, 0.25) is 0 Å². The number of anilines is 1. The molecular weight excluding hydrogens is 358 g/mol. The summed E-state index contributed by atoms with van der Waals surface area (Å²) in [5, 5.41) is 5.18. The highest BCUT2D eigenvalue weighted by molar-refractivity contribution is 5.84. The lowest BCUT2D eigenvalue weighted by Gasteiger charge is -2.25. The third-order valence-corrected chi connectivity index (χ3v) is 6.49. The first-order valence-electron chi connectivity index (χ1n) is 11.0. The van der Waals surface area contributed by atoms with Gasteiger partial charge in [0.25, 0.3) is 0 Å². The minimum absolute atomic E-state index is 0.716. The third kappa shape index (κ3) is 3.00. The maximum absolute atomic E-state index is 5.48. The first-order chi connectivity index (χ1) is 14.0. The molecule has 2 fully saturated rings. The second kappa shape index (κ2) is 6.79. The number of benzene rings is 1. The quantitative estimate of drug-likeness (QED) is 0.547. The molecule has 2 aromatic heterocycles. The molecule has 29 heavy (non-hydrogen) atoms. The highest BCUT2D eigenvalue weighted by Crippen LogP contribution is 2.45. The van der Waals surface area contributed by atoms with E-state index in [1.54, 1.807) is 7.11 Å². The Bertz CT molecular complexity index is 1050. The van der Waals surface area contributed by atoms with E-state index in [0.717, 1.165) is 12.2 Å². The van der Waals surface area contributed by atoms with Crippen LogP contribution < -0.4 is 9.64 Å². The normalized spacial score (nSPS) is 16.4. The van der Waals surface area contributed by atoms with E-state index in [1.807, 2.05) is 0 Å². The van der Waals surface area contributed by atoms with Crippen molar-refractivity contribution in [3.63, 3.8) is 0 Å². The van der Waals surface area contributed by atoms with Gasteiger partial charge in [0.05, 0.1) is 29.7 Å². The first-order valence-corrected chi connectivity index (χ1v) is 11.0. The van der Waals surface area contributed by atoms with Gasteiger partial charge in [0, 0.05) is 17.6 Å². The second-order valence-electron chi connectivity index (χ2n) is 8.82. The maximum Gasteiger partial charge on any atom is 0.119 e. The molecule has 0 atom stereocenters. The van der Waals surface area contributed by atoms with Gasteiger partial charge in [-0.15, -0.1) is 0 Å². The molecule has 5 rings (SSSR count). The minimum atomic E-state index is 0.716. The molecule has 2 heterocycles. The number of methoxy groups -OCH3 is 1. The van der Waals surface area contributed by atoms with E-state index in [0.29, 0.717) is 12.1 Å². The molecule has 0 unspecified atom stereocenters. The van der Waals surface area contributed by atoms with Crippen molar-refractivity contribution >= 4 is 11.2 Å². The fourth-order valence-corrected chi connectivity index (χ4v) is 4.85. The maximum atomic E-state index is 5.48. The number of nitrogens with zero attached hydrogens (tertiary/aromatic N) is 3. The summed E-state index contributed by atoms with van der Waals surface area (Å²) in [4.78, 5) is 2.73. The van der Waals surface area contributed by atoms with E-state index in [9.17, 15) is 0 Å². The lowest BCUT2D eigenvalue weighted by molar-refractivity contribution is 0.414. The predicted octanol–water partition coefficient (Wildman–Crippen LogP) is 5.63. The Morgan fingerprint density at radius 1 is 1.00 bits per heavy atom. The van der Waals surface area contributed by atoms with E-state index in [1.165, 1.54) is 70.5 Å². The predicted molar refractivity (Wildman–Crippen MR) is 119 cm³/mol. The molecule has 0 spiro atoms. The van der Waals surface area contributed by atoms with E-state index >= 15 is 0 Å². The third-order valence-electron chi connectivity index (χ3n) is 6.49. The van der Waals surface area contributed by atoms with Crippen molar-refractivity contribution < 1.29 is 4.74 Å². The number of pyridine rings is 1. The van der Waals surface area contributed by atoms with Crippen LogP contribution in [-0.2, 0) is 6.42 Å². The molecule has 1 aromatic carbocycles. The summed E-state index contributed by atoms with van der Waals surface area (Å²) < 4.78 is 7.71. The van der Waals surface area contributed by atoms with Crippen LogP contribution in [0.4, 0.5) is 5.69 Å². The minimum Gasteiger partial charge on any atom is -0.497 e. The Labute approximate surface area is 173 Å². The summed E-state index contributed by atoms with van der Waals surface area (Å²) >= 11 is 0. The summed E-state index contributed by atoms with van der Waals surface area (Å²) in [6.07, 6.45) is 6.27. The molecule has 4 nitrogen and oxygen atoms in total. The Hall–Kier alpha value is -2.49. The largest absolute Gasteiger partial charge is 0.497 e. The smallest absolute Gasteiger partial charge is 0.119 e. The monoisotopic (exact) mass is 389 g/mol. The molecule has 152 valence electrons. The number of hydrogen-bond acceptors (Lipinski definition) is 3. The van der Waals surface area contributed by atoms with E-state index in [2.05, 4.69) is 61.4 Å². The van der Waals surface area contributed by atoms with Gasteiger partial charge < -0.3 is 9.64 Å². The van der Waals surface area contributed by atoms with E-state index < -0.39 is 0 Å². The van der Waals surface area contributed by atoms with Crippen molar-refractivity contribution in [2.45, 2.75) is 71.9 Å². The number of fused-ring (bicyclic) bond motifs is 1. The summed E-state index contributed by atoms with van der Waals surface area (Å²) in [6, 6.07) is 10.2. The molecule has 3 aromatic rings. The SMILES string of the molecule is CCc1nn2c(-c3c(C)cc(OC)cc3C)ccc(C)c2c1N(C1CC1)C1CC1. The lowest BCUT2D eigenvalue weighted by atomic mass is 9.98. The van der Waals surface area contributed by atoms with Gasteiger partial charge >= 0.3 is 0 Å². The van der Waals surface area contributed by atoms with Gasteiger partial charge in [0.2, 0.25) is 0 Å². The first kappa shape index (κ1) is 18.5. The van der Waals surface area contributed by atoms with Gasteiger partial charge in [-0.25, -0.2) is 4.52 Å². The average molecular weight is 390 g/mol. The van der Waals surface area contributed by atoms with Crippen LogP contribution >= 0.6 is 0 Å². The fourth-order valence-electron chi connectivity index (χ4n) is 4.85. The topological polar surface area (TPSA) is 29.8 Å². The highest BCUT2D eigenvalue weighted by Gasteiger charge is 2.41. The zero-order valence-corrected chi connectivity index (χ0v) is 18.2. The van der Waals surface area contributed by atoms with Crippen LogP contribution in [0.5, 0.6) is 5.75 Å². The molecular formula is C25H31N3O. The average Bonchev–Trinajstić information content (AvgIpc) is 3.62. The van der Waals surface area contributed by atoms with Crippen LogP contribution in [-0.4, -0.2) is 28.8 Å². The van der Waals surface area contributed by atoms with E-state index in [-0.39, 0.29) is 0 Å². The van der Waals surface area contributed by atoms with Gasteiger partial charge in [0.15, 0.2) is 0 Å². The van der Waals surface area contributed by atoms with Crippen LogP contribution in [0, 0.1) is 20.8 Å². The van der Waals surface area contributed by atoms with Crippen molar-refractivity contribution in [2.75, 3.05) is 12.0 Å². The molecule has 0 bridgehead atoms. The molecule has 2 saturated carbocycles. The van der Waals surface area contributed by atoms with Crippen LogP contribution in [0.1, 0.15) is 55.0 Å².